The molecule has 0 spiro atoms. The number of anilines is 1. The van der Waals surface area contributed by atoms with Gasteiger partial charge in [-0.3, -0.25) is 0 Å². The molecule has 0 amide bonds. The fourth-order valence-corrected chi connectivity index (χ4v) is 2.58. The van der Waals surface area contributed by atoms with Gasteiger partial charge in [0.25, 0.3) is 0 Å². The van der Waals surface area contributed by atoms with Gasteiger partial charge in [0, 0.05) is 17.0 Å². The van der Waals surface area contributed by atoms with E-state index in [0.717, 1.165) is 33.8 Å². The Morgan fingerprint density at radius 1 is 1.04 bits per heavy atom. The Morgan fingerprint density at radius 3 is 2.83 bits per heavy atom. The Morgan fingerprint density at radius 2 is 1.91 bits per heavy atom. The first-order chi connectivity index (χ1) is 10.8. The van der Waals surface area contributed by atoms with Crippen LogP contribution in [0.15, 0.2) is 42.7 Å². The first-order valence-corrected chi connectivity index (χ1v) is 7.20. The average molecular weight is 338 g/mol. The van der Waals surface area contributed by atoms with Gasteiger partial charge in [0.15, 0.2) is 11.5 Å². The third-order valence-electron chi connectivity index (χ3n) is 3.49. The van der Waals surface area contributed by atoms with E-state index in [4.69, 9.17) is 21.1 Å². The van der Waals surface area contributed by atoms with Gasteiger partial charge in [0.2, 0.25) is 6.79 Å². The Bertz CT molecular complexity index is 860. The van der Waals surface area contributed by atoms with Crippen molar-refractivity contribution in [2.45, 2.75) is 6.54 Å². The number of fused-ring (bicyclic) bond motifs is 2. The van der Waals surface area contributed by atoms with Crippen LogP contribution in [0.5, 0.6) is 11.5 Å². The van der Waals surface area contributed by atoms with Gasteiger partial charge in [-0.1, -0.05) is 17.7 Å². The molecule has 23 heavy (non-hydrogen) atoms. The summed E-state index contributed by atoms with van der Waals surface area (Å²) in [4.78, 5) is 8.54. The van der Waals surface area contributed by atoms with Crippen LogP contribution >= 0.6 is 11.6 Å². The molecule has 0 aliphatic carbocycles. The Balaban J connectivity index is 0.00000156. The van der Waals surface area contributed by atoms with Crippen LogP contribution in [0.1, 0.15) is 5.56 Å². The zero-order valence-corrected chi connectivity index (χ0v) is 12.3. The monoisotopic (exact) mass is 337 g/mol. The summed E-state index contributed by atoms with van der Waals surface area (Å²) in [7, 11) is 0. The van der Waals surface area contributed by atoms with Crippen molar-refractivity contribution in [3.8, 4) is 11.5 Å². The van der Waals surface area contributed by atoms with Crippen LogP contribution in [0.25, 0.3) is 10.9 Å². The standard InChI is InChI=1S/C16H12ClN3O2.Na.H/c17-11-2-3-13-12(6-11)16(20-8-19-13)18-7-10-1-4-14-15(5-10)22-9-21-14;;/h1-6,8H,7,9H2,(H,18,19,20);;. The third-order valence-corrected chi connectivity index (χ3v) is 3.73. The van der Waals surface area contributed by atoms with Crippen molar-refractivity contribution in [3.05, 3.63) is 53.3 Å². The van der Waals surface area contributed by atoms with Crippen molar-refractivity contribution in [1.29, 1.82) is 0 Å². The van der Waals surface area contributed by atoms with E-state index in [1.807, 2.05) is 36.4 Å². The van der Waals surface area contributed by atoms with Crippen LogP contribution < -0.4 is 14.8 Å². The first-order valence-electron chi connectivity index (χ1n) is 6.82. The van der Waals surface area contributed by atoms with Gasteiger partial charge in [0.05, 0.1) is 5.52 Å². The van der Waals surface area contributed by atoms with E-state index >= 15 is 0 Å². The summed E-state index contributed by atoms with van der Waals surface area (Å²) in [5.74, 6) is 2.31. The normalized spacial score (nSPS) is 12.0. The summed E-state index contributed by atoms with van der Waals surface area (Å²) >= 11 is 6.06. The Kier molecular flexibility index (Phi) is 4.92. The molecule has 0 saturated carbocycles. The molecule has 2 aromatic carbocycles. The van der Waals surface area contributed by atoms with Crippen LogP contribution in [0.3, 0.4) is 0 Å². The van der Waals surface area contributed by atoms with E-state index in [9.17, 15) is 0 Å². The first kappa shape index (κ1) is 16.3. The number of rotatable bonds is 3. The minimum atomic E-state index is 0. The molecule has 112 valence electrons. The van der Waals surface area contributed by atoms with E-state index in [-0.39, 0.29) is 36.4 Å². The van der Waals surface area contributed by atoms with E-state index in [1.165, 1.54) is 6.33 Å². The molecule has 7 heteroatoms. The molecule has 0 radical (unpaired) electrons. The zero-order valence-electron chi connectivity index (χ0n) is 11.5. The van der Waals surface area contributed by atoms with Gasteiger partial charge in [-0.05, 0) is 35.9 Å². The van der Waals surface area contributed by atoms with E-state index in [0.29, 0.717) is 11.6 Å². The third kappa shape index (κ3) is 3.38. The van der Waals surface area contributed by atoms with Gasteiger partial charge >= 0.3 is 29.6 Å². The van der Waals surface area contributed by atoms with Crippen molar-refractivity contribution >= 4 is 57.9 Å². The number of hydrogen-bond donors (Lipinski definition) is 1. The summed E-state index contributed by atoms with van der Waals surface area (Å²) < 4.78 is 10.7. The van der Waals surface area contributed by atoms with Crippen LogP contribution in [-0.2, 0) is 6.54 Å². The molecule has 1 aromatic heterocycles. The summed E-state index contributed by atoms with van der Waals surface area (Å²) in [6.07, 6.45) is 1.54. The van der Waals surface area contributed by atoms with Crippen molar-refractivity contribution in [2.24, 2.45) is 0 Å². The predicted molar refractivity (Wildman–Crippen MR) is 91.6 cm³/mol. The van der Waals surface area contributed by atoms with Crippen molar-refractivity contribution in [2.75, 3.05) is 12.1 Å². The number of nitrogens with zero attached hydrogens (tertiary/aromatic N) is 2. The predicted octanol–water partition coefficient (Wildman–Crippen LogP) is 2.98. The van der Waals surface area contributed by atoms with E-state index in [2.05, 4.69) is 15.3 Å². The van der Waals surface area contributed by atoms with Crippen LogP contribution in [0, 0.1) is 0 Å². The molecule has 0 fully saturated rings. The average Bonchev–Trinajstić information content (AvgIpc) is 3.00. The van der Waals surface area contributed by atoms with Crippen molar-refractivity contribution < 1.29 is 9.47 Å². The number of ether oxygens (including phenoxy) is 2. The van der Waals surface area contributed by atoms with Gasteiger partial charge in [-0.2, -0.15) is 0 Å². The molecule has 1 N–H and O–H groups in total. The van der Waals surface area contributed by atoms with Gasteiger partial charge in [0.1, 0.15) is 12.1 Å². The minimum absolute atomic E-state index is 0. The molecule has 0 unspecified atom stereocenters. The van der Waals surface area contributed by atoms with Crippen LogP contribution in [0.2, 0.25) is 5.02 Å². The molecule has 5 nitrogen and oxygen atoms in total. The fraction of sp³-hybridized carbons (Fsp3) is 0.125. The van der Waals surface area contributed by atoms with E-state index in [1.54, 1.807) is 0 Å². The number of aromatic nitrogens is 2. The maximum atomic E-state index is 6.06. The number of benzene rings is 2. The summed E-state index contributed by atoms with van der Waals surface area (Å²) in [6.45, 7) is 0.899. The van der Waals surface area contributed by atoms with Crippen LogP contribution in [0.4, 0.5) is 5.82 Å². The number of nitrogens with one attached hydrogen (secondary N) is 1. The van der Waals surface area contributed by atoms with Crippen molar-refractivity contribution in [3.63, 3.8) is 0 Å². The summed E-state index contributed by atoms with van der Waals surface area (Å²) in [5.41, 5.74) is 1.94. The van der Waals surface area contributed by atoms with E-state index < -0.39 is 0 Å². The van der Waals surface area contributed by atoms with Crippen LogP contribution in [-0.4, -0.2) is 46.3 Å². The molecule has 0 bridgehead atoms. The molecular formula is C16H13ClN3NaO2. The Labute approximate surface area is 160 Å². The quantitative estimate of drug-likeness (QED) is 0.745. The van der Waals surface area contributed by atoms with Gasteiger partial charge in [-0.15, -0.1) is 0 Å². The number of hydrogen-bond acceptors (Lipinski definition) is 5. The zero-order chi connectivity index (χ0) is 14.9. The molecular weight excluding hydrogens is 325 g/mol. The Hall–Kier alpha value is -1.53. The molecule has 2 heterocycles. The second kappa shape index (κ2) is 6.93. The molecule has 1 aliphatic heterocycles. The second-order valence-electron chi connectivity index (χ2n) is 4.92. The second-order valence-corrected chi connectivity index (χ2v) is 5.36. The molecule has 3 aromatic rings. The molecule has 1 aliphatic rings. The van der Waals surface area contributed by atoms with Crippen molar-refractivity contribution in [1.82, 2.24) is 9.97 Å². The molecule has 4 rings (SSSR count). The number of halogens is 1. The van der Waals surface area contributed by atoms with Gasteiger partial charge in [-0.25, -0.2) is 9.97 Å². The summed E-state index contributed by atoms with van der Waals surface area (Å²) in [6, 6.07) is 11.4. The topological polar surface area (TPSA) is 56.3 Å². The fourth-order valence-electron chi connectivity index (χ4n) is 2.41. The molecule has 0 atom stereocenters. The SMILES string of the molecule is Clc1ccc2ncnc(NCc3ccc4c(c3)OCO4)c2c1.[NaH]. The maximum absolute atomic E-state index is 6.06. The van der Waals surface area contributed by atoms with Gasteiger partial charge < -0.3 is 14.8 Å². The molecule has 0 saturated heterocycles. The summed E-state index contributed by atoms with van der Waals surface area (Å²) in [5, 5.41) is 4.88.